The first-order valence-electron chi connectivity index (χ1n) is 5.13. The number of hydrogen-bond acceptors (Lipinski definition) is 2. The third-order valence-corrected chi connectivity index (χ3v) is 2.60. The van der Waals surface area contributed by atoms with Crippen molar-refractivity contribution in [3.63, 3.8) is 0 Å². The smallest absolute Gasteiger partial charge is 0.327 e. The number of carbonyl (C=O) groups excluding carboxylic acids is 1. The van der Waals surface area contributed by atoms with Crippen LogP contribution in [0.15, 0.2) is 22.7 Å². The van der Waals surface area contributed by atoms with Crippen LogP contribution >= 0.6 is 15.9 Å². The Bertz CT molecular complexity index is 542. The molecule has 0 fully saturated rings. The molecule has 1 aromatic rings. The highest BCUT2D eigenvalue weighted by molar-refractivity contribution is 9.10. The molecule has 100 valence electrons. The van der Waals surface area contributed by atoms with E-state index >= 15 is 0 Å². The molecule has 1 unspecified atom stereocenters. The number of carboxylic acid groups (broad SMARTS) is 1. The zero-order valence-corrected chi connectivity index (χ0v) is 11.2. The van der Waals surface area contributed by atoms with Gasteiger partial charge in [0.25, 0.3) is 0 Å². The van der Waals surface area contributed by atoms with Gasteiger partial charge in [-0.25, -0.2) is 14.0 Å². The van der Waals surface area contributed by atoms with Gasteiger partial charge < -0.3 is 15.7 Å². The lowest BCUT2D eigenvalue weighted by Crippen LogP contribution is -2.42. The Morgan fingerprint density at radius 2 is 2.21 bits per heavy atom. The fourth-order valence-corrected chi connectivity index (χ4v) is 1.59. The highest BCUT2D eigenvalue weighted by Crippen LogP contribution is 2.19. The van der Waals surface area contributed by atoms with E-state index in [0.29, 0.717) is 4.47 Å². The molecule has 0 saturated heterocycles. The predicted octanol–water partition coefficient (Wildman–Crippen LogP) is 2.19. The second-order valence-electron chi connectivity index (χ2n) is 3.52. The van der Waals surface area contributed by atoms with E-state index in [0.717, 1.165) is 6.07 Å². The molecule has 0 aliphatic carbocycles. The number of benzene rings is 1. The average molecular weight is 329 g/mol. The summed E-state index contributed by atoms with van der Waals surface area (Å²) >= 11 is 3.13. The number of carbonyl (C=O) groups is 2. The molecule has 1 aromatic carbocycles. The van der Waals surface area contributed by atoms with Crippen LogP contribution in [0.1, 0.15) is 6.42 Å². The number of anilines is 1. The van der Waals surface area contributed by atoms with Gasteiger partial charge >= 0.3 is 12.0 Å². The molecule has 7 heteroatoms. The Labute approximate surface area is 117 Å². The fraction of sp³-hybridized carbons (Fsp3) is 0.167. The maximum absolute atomic E-state index is 13.4. The molecule has 1 rings (SSSR count). The third-order valence-electron chi connectivity index (χ3n) is 2.10. The van der Waals surface area contributed by atoms with Gasteiger partial charge in [-0.2, -0.15) is 0 Å². The summed E-state index contributed by atoms with van der Waals surface area (Å²) < 4.78 is 13.9. The van der Waals surface area contributed by atoms with Crippen molar-refractivity contribution in [1.29, 1.82) is 0 Å². The number of urea groups is 1. The highest BCUT2D eigenvalue weighted by atomic mass is 79.9. The van der Waals surface area contributed by atoms with Crippen molar-refractivity contribution in [3.8, 4) is 12.3 Å². The number of hydrogen-bond donors (Lipinski definition) is 3. The molecule has 0 aliphatic heterocycles. The van der Waals surface area contributed by atoms with E-state index in [1.807, 2.05) is 0 Å². The van der Waals surface area contributed by atoms with Gasteiger partial charge in [-0.15, -0.1) is 12.3 Å². The second kappa shape index (κ2) is 6.75. The van der Waals surface area contributed by atoms with Crippen molar-refractivity contribution in [1.82, 2.24) is 5.32 Å². The SMILES string of the molecule is C#CCC(NC(=O)Nc1cc(Br)ccc1F)C(=O)O. The number of terminal acetylenes is 1. The lowest BCUT2D eigenvalue weighted by molar-refractivity contribution is -0.139. The van der Waals surface area contributed by atoms with Crippen LogP contribution in [0.3, 0.4) is 0 Å². The van der Waals surface area contributed by atoms with Crippen molar-refractivity contribution in [2.75, 3.05) is 5.32 Å². The maximum atomic E-state index is 13.4. The molecule has 0 bridgehead atoms. The van der Waals surface area contributed by atoms with Gasteiger partial charge in [0.05, 0.1) is 5.69 Å². The molecule has 0 radical (unpaired) electrons. The Balaban J connectivity index is 2.72. The molecular weight excluding hydrogens is 319 g/mol. The molecule has 0 spiro atoms. The van der Waals surface area contributed by atoms with E-state index in [-0.39, 0.29) is 12.1 Å². The van der Waals surface area contributed by atoms with Crippen LogP contribution in [-0.2, 0) is 4.79 Å². The van der Waals surface area contributed by atoms with Crippen LogP contribution in [0.25, 0.3) is 0 Å². The van der Waals surface area contributed by atoms with Crippen molar-refractivity contribution < 1.29 is 19.1 Å². The number of halogens is 2. The number of aliphatic carboxylic acids is 1. The summed E-state index contributed by atoms with van der Waals surface area (Å²) in [6, 6.07) is 1.92. The summed E-state index contributed by atoms with van der Waals surface area (Å²) in [5, 5.41) is 13.1. The van der Waals surface area contributed by atoms with Crippen molar-refractivity contribution in [2.45, 2.75) is 12.5 Å². The lowest BCUT2D eigenvalue weighted by Gasteiger charge is -2.13. The maximum Gasteiger partial charge on any atom is 0.327 e. The van der Waals surface area contributed by atoms with E-state index < -0.39 is 23.9 Å². The Hall–Kier alpha value is -2.07. The van der Waals surface area contributed by atoms with Crippen LogP contribution < -0.4 is 10.6 Å². The highest BCUT2D eigenvalue weighted by Gasteiger charge is 2.19. The third kappa shape index (κ3) is 4.60. The van der Waals surface area contributed by atoms with Crippen LogP contribution in [0.5, 0.6) is 0 Å². The molecule has 2 amide bonds. The zero-order chi connectivity index (χ0) is 14.4. The molecule has 3 N–H and O–H groups in total. The van der Waals surface area contributed by atoms with Crippen LogP contribution in [0.2, 0.25) is 0 Å². The number of rotatable bonds is 4. The monoisotopic (exact) mass is 328 g/mol. The molecule has 0 heterocycles. The van der Waals surface area contributed by atoms with Crippen LogP contribution in [-0.4, -0.2) is 23.1 Å². The first-order valence-corrected chi connectivity index (χ1v) is 5.92. The normalized spacial score (nSPS) is 11.2. The summed E-state index contributed by atoms with van der Waals surface area (Å²) in [7, 11) is 0. The second-order valence-corrected chi connectivity index (χ2v) is 4.44. The first-order chi connectivity index (χ1) is 8.93. The summed E-state index contributed by atoms with van der Waals surface area (Å²) in [6.45, 7) is 0. The van der Waals surface area contributed by atoms with E-state index in [1.54, 1.807) is 0 Å². The molecular formula is C12H10BrFN2O3. The summed E-state index contributed by atoms with van der Waals surface area (Å²) in [5.74, 6) is 0.236. The number of amides is 2. The van der Waals surface area contributed by atoms with E-state index in [4.69, 9.17) is 11.5 Å². The first kappa shape index (κ1) is 15.0. The van der Waals surface area contributed by atoms with Gasteiger partial charge in [-0.05, 0) is 18.2 Å². The molecule has 0 aliphatic rings. The Kier molecular flexibility index (Phi) is 5.33. The Morgan fingerprint density at radius 1 is 1.53 bits per heavy atom. The minimum absolute atomic E-state index is 0.0725. The quantitative estimate of drug-likeness (QED) is 0.741. The standard InChI is InChI=1S/C12H10BrFN2O3/c1-2-3-9(11(17)18)15-12(19)16-10-6-7(13)4-5-8(10)14/h1,4-6,9H,3H2,(H,17,18)(H2,15,16,19). The van der Waals surface area contributed by atoms with Crippen LogP contribution in [0.4, 0.5) is 14.9 Å². The fourth-order valence-electron chi connectivity index (χ4n) is 1.23. The molecule has 0 aromatic heterocycles. The van der Waals surface area contributed by atoms with Crippen molar-refractivity contribution >= 4 is 33.6 Å². The zero-order valence-electron chi connectivity index (χ0n) is 9.61. The molecule has 1 atom stereocenters. The topological polar surface area (TPSA) is 78.4 Å². The van der Waals surface area contributed by atoms with Gasteiger partial charge in [0.1, 0.15) is 11.9 Å². The van der Waals surface area contributed by atoms with Gasteiger partial charge in [0.15, 0.2) is 0 Å². The van der Waals surface area contributed by atoms with Crippen LogP contribution in [0, 0.1) is 18.2 Å². The Morgan fingerprint density at radius 3 is 2.79 bits per heavy atom. The summed E-state index contributed by atoms with van der Waals surface area (Å²) in [4.78, 5) is 22.3. The van der Waals surface area contributed by atoms with Gasteiger partial charge in [-0.3, -0.25) is 0 Å². The number of carboxylic acids is 1. The van der Waals surface area contributed by atoms with Crippen molar-refractivity contribution in [3.05, 3.63) is 28.5 Å². The molecule has 0 saturated carbocycles. The summed E-state index contributed by atoms with van der Waals surface area (Å²) in [6.07, 6.45) is 4.83. The molecule has 5 nitrogen and oxygen atoms in total. The minimum atomic E-state index is -1.26. The van der Waals surface area contributed by atoms with Gasteiger partial charge in [0, 0.05) is 10.9 Å². The number of nitrogens with one attached hydrogen (secondary N) is 2. The predicted molar refractivity (Wildman–Crippen MR) is 71.1 cm³/mol. The van der Waals surface area contributed by atoms with E-state index in [9.17, 15) is 14.0 Å². The van der Waals surface area contributed by atoms with Crippen molar-refractivity contribution in [2.24, 2.45) is 0 Å². The largest absolute Gasteiger partial charge is 0.480 e. The lowest BCUT2D eigenvalue weighted by atomic mass is 10.2. The van der Waals surface area contributed by atoms with E-state index in [1.165, 1.54) is 12.1 Å². The van der Waals surface area contributed by atoms with Gasteiger partial charge in [-0.1, -0.05) is 15.9 Å². The minimum Gasteiger partial charge on any atom is -0.480 e. The van der Waals surface area contributed by atoms with E-state index in [2.05, 4.69) is 32.5 Å². The van der Waals surface area contributed by atoms with Gasteiger partial charge in [0.2, 0.25) is 0 Å². The average Bonchev–Trinajstić information content (AvgIpc) is 2.33. The molecule has 19 heavy (non-hydrogen) atoms. The summed E-state index contributed by atoms with van der Waals surface area (Å²) in [5.41, 5.74) is -0.0725.